The minimum Gasteiger partial charge on any atom is -0.493 e. The molecule has 1 aliphatic rings. The molecule has 1 aromatic heterocycles. The maximum atomic E-state index is 13.6. The van der Waals surface area contributed by atoms with E-state index in [4.69, 9.17) is 9.47 Å². The Morgan fingerprint density at radius 1 is 0.938 bits per heavy atom. The molecule has 0 amide bonds. The fraction of sp³-hybridized carbons (Fsp3) is 0.273. The van der Waals surface area contributed by atoms with Crippen LogP contribution in [0.3, 0.4) is 0 Å². The fourth-order valence-electron chi connectivity index (χ4n) is 4.03. The van der Waals surface area contributed by atoms with Crippen LogP contribution in [0.1, 0.15) is 22.9 Å². The highest BCUT2D eigenvalue weighted by Crippen LogP contribution is 2.42. The highest BCUT2D eigenvalue weighted by Gasteiger charge is 2.43. The molecule has 3 aromatic rings. The summed E-state index contributed by atoms with van der Waals surface area (Å²) in [6.07, 6.45) is -2.99. The smallest absolute Gasteiger partial charge is 0.417 e. The molecule has 0 radical (unpaired) electrons. The second kappa shape index (κ2) is 8.18. The Kier molecular flexibility index (Phi) is 5.68. The number of benzene rings is 2. The molecular formula is C22H21F3N2O4S. The van der Waals surface area contributed by atoms with Crippen LogP contribution in [-0.4, -0.2) is 38.1 Å². The average molecular weight is 466 g/mol. The van der Waals surface area contributed by atoms with Crippen LogP contribution in [0.15, 0.2) is 65.7 Å². The Bertz CT molecular complexity index is 1240. The first-order valence-electron chi connectivity index (χ1n) is 9.73. The summed E-state index contributed by atoms with van der Waals surface area (Å²) in [5.74, 6) is 0.848. The van der Waals surface area contributed by atoms with Gasteiger partial charge in [0.05, 0.1) is 30.7 Å². The zero-order valence-corrected chi connectivity index (χ0v) is 18.2. The lowest BCUT2D eigenvalue weighted by molar-refractivity contribution is -0.139. The molecule has 32 heavy (non-hydrogen) atoms. The molecule has 10 heteroatoms. The highest BCUT2D eigenvalue weighted by atomic mass is 32.2. The summed E-state index contributed by atoms with van der Waals surface area (Å²) in [6, 6.07) is 11.9. The largest absolute Gasteiger partial charge is 0.493 e. The van der Waals surface area contributed by atoms with Gasteiger partial charge >= 0.3 is 6.18 Å². The van der Waals surface area contributed by atoms with E-state index in [1.807, 2.05) is 10.8 Å². The van der Waals surface area contributed by atoms with E-state index >= 15 is 0 Å². The lowest BCUT2D eigenvalue weighted by atomic mass is 10.0. The third kappa shape index (κ3) is 3.73. The molecule has 1 atom stereocenters. The molecule has 0 N–H and O–H groups in total. The third-order valence-corrected chi connectivity index (χ3v) is 7.42. The molecular weight excluding hydrogens is 445 g/mol. The molecule has 0 saturated heterocycles. The normalized spacial score (nSPS) is 17.1. The van der Waals surface area contributed by atoms with Gasteiger partial charge in [-0.25, -0.2) is 8.42 Å². The van der Waals surface area contributed by atoms with Gasteiger partial charge in [0.1, 0.15) is 0 Å². The quantitative estimate of drug-likeness (QED) is 0.562. The van der Waals surface area contributed by atoms with Gasteiger partial charge in [-0.3, -0.25) is 0 Å². The van der Waals surface area contributed by atoms with Gasteiger partial charge in [0.15, 0.2) is 11.5 Å². The van der Waals surface area contributed by atoms with Crippen molar-refractivity contribution in [2.24, 2.45) is 0 Å². The van der Waals surface area contributed by atoms with Crippen molar-refractivity contribution < 1.29 is 31.1 Å². The monoisotopic (exact) mass is 466 g/mol. The van der Waals surface area contributed by atoms with Gasteiger partial charge in [-0.15, -0.1) is 0 Å². The van der Waals surface area contributed by atoms with Crippen LogP contribution in [0, 0.1) is 0 Å². The van der Waals surface area contributed by atoms with E-state index in [1.165, 1.54) is 26.4 Å². The number of alkyl halides is 3. The Balaban J connectivity index is 1.89. The summed E-state index contributed by atoms with van der Waals surface area (Å²) in [5, 5.41) is 0. The van der Waals surface area contributed by atoms with Gasteiger partial charge in [0.2, 0.25) is 10.0 Å². The molecule has 2 heterocycles. The maximum absolute atomic E-state index is 13.6. The van der Waals surface area contributed by atoms with Crippen LogP contribution >= 0.6 is 0 Å². The second-order valence-electron chi connectivity index (χ2n) is 7.25. The Hall–Kier alpha value is -2.98. The standard InChI is InChI=1S/C22H21F3N2O4S/c1-30-18-10-9-15(14-19(18)31-2)21-17-7-5-11-26(17)12-13-27(21)32(28,29)20-8-4-3-6-16(20)22(23,24)25/h3-11,14,21H,12-13H2,1-2H3. The van der Waals surface area contributed by atoms with E-state index in [9.17, 15) is 21.6 Å². The number of hydrogen-bond acceptors (Lipinski definition) is 4. The summed E-state index contributed by atoms with van der Waals surface area (Å²) >= 11 is 0. The van der Waals surface area contributed by atoms with Crippen molar-refractivity contribution in [3.05, 3.63) is 77.6 Å². The maximum Gasteiger partial charge on any atom is 0.417 e. The van der Waals surface area contributed by atoms with Crippen molar-refractivity contribution in [2.45, 2.75) is 23.7 Å². The Morgan fingerprint density at radius 3 is 2.34 bits per heavy atom. The Morgan fingerprint density at radius 2 is 1.66 bits per heavy atom. The van der Waals surface area contributed by atoms with Crippen LogP contribution in [-0.2, 0) is 22.7 Å². The van der Waals surface area contributed by atoms with Crippen molar-refractivity contribution in [2.75, 3.05) is 20.8 Å². The number of ether oxygens (including phenoxy) is 2. The van der Waals surface area contributed by atoms with E-state index in [2.05, 4.69) is 0 Å². The molecule has 1 unspecified atom stereocenters. The molecule has 0 aliphatic carbocycles. The highest BCUT2D eigenvalue weighted by molar-refractivity contribution is 7.89. The lowest BCUT2D eigenvalue weighted by Gasteiger charge is -2.37. The van der Waals surface area contributed by atoms with E-state index in [-0.39, 0.29) is 6.54 Å². The summed E-state index contributed by atoms with van der Waals surface area (Å²) in [5.41, 5.74) is 0.0129. The van der Waals surface area contributed by atoms with Gasteiger partial charge in [-0.1, -0.05) is 18.2 Å². The molecule has 1 aliphatic heterocycles. The van der Waals surface area contributed by atoms with Gasteiger partial charge in [0, 0.05) is 25.0 Å². The third-order valence-electron chi connectivity index (χ3n) is 5.50. The summed E-state index contributed by atoms with van der Waals surface area (Å²) < 4.78 is 81.7. The minimum absolute atomic E-state index is 0.00914. The van der Waals surface area contributed by atoms with Crippen molar-refractivity contribution in [3.8, 4) is 11.5 Å². The zero-order valence-electron chi connectivity index (χ0n) is 17.3. The van der Waals surface area contributed by atoms with Gasteiger partial charge in [0.25, 0.3) is 0 Å². The summed E-state index contributed by atoms with van der Waals surface area (Å²) in [4.78, 5) is -0.766. The number of hydrogen-bond donors (Lipinski definition) is 0. The molecule has 0 saturated carbocycles. The van der Waals surface area contributed by atoms with Gasteiger partial charge < -0.3 is 14.0 Å². The number of aromatic nitrogens is 1. The first-order valence-corrected chi connectivity index (χ1v) is 11.2. The first-order chi connectivity index (χ1) is 15.2. The number of rotatable bonds is 5. The minimum atomic E-state index is -4.81. The molecule has 0 spiro atoms. The number of halogens is 3. The Labute approximate surface area is 183 Å². The van der Waals surface area contributed by atoms with Crippen molar-refractivity contribution in [1.82, 2.24) is 8.87 Å². The molecule has 2 aromatic carbocycles. The number of fused-ring (bicyclic) bond motifs is 1. The summed E-state index contributed by atoms with van der Waals surface area (Å²) in [7, 11) is -1.56. The molecule has 170 valence electrons. The molecule has 0 bridgehead atoms. The average Bonchev–Trinajstić information content (AvgIpc) is 3.26. The van der Waals surface area contributed by atoms with E-state index in [1.54, 1.807) is 30.3 Å². The number of nitrogens with zero attached hydrogens (tertiary/aromatic N) is 2. The number of methoxy groups -OCH3 is 2. The van der Waals surface area contributed by atoms with Crippen LogP contribution in [0.4, 0.5) is 13.2 Å². The summed E-state index contributed by atoms with van der Waals surface area (Å²) in [6.45, 7) is 0.328. The van der Waals surface area contributed by atoms with Gasteiger partial charge in [-0.2, -0.15) is 17.5 Å². The van der Waals surface area contributed by atoms with Crippen LogP contribution in [0.2, 0.25) is 0 Å². The first kappa shape index (κ1) is 22.2. The van der Waals surface area contributed by atoms with Crippen LogP contribution in [0.25, 0.3) is 0 Å². The lowest BCUT2D eigenvalue weighted by Crippen LogP contribution is -2.42. The molecule has 6 nitrogen and oxygen atoms in total. The van der Waals surface area contributed by atoms with E-state index < -0.39 is 32.7 Å². The van der Waals surface area contributed by atoms with Crippen molar-refractivity contribution in [1.29, 1.82) is 0 Å². The van der Waals surface area contributed by atoms with Crippen LogP contribution in [0.5, 0.6) is 11.5 Å². The van der Waals surface area contributed by atoms with E-state index in [0.29, 0.717) is 29.3 Å². The van der Waals surface area contributed by atoms with E-state index in [0.717, 1.165) is 16.4 Å². The zero-order chi connectivity index (χ0) is 23.1. The SMILES string of the molecule is COc1ccc(C2c3cccn3CCN2S(=O)(=O)c2ccccc2C(F)(F)F)cc1OC. The number of sulfonamides is 1. The van der Waals surface area contributed by atoms with Crippen molar-refractivity contribution >= 4 is 10.0 Å². The predicted octanol–water partition coefficient (Wildman–Crippen LogP) is 4.32. The fourth-order valence-corrected chi connectivity index (χ4v) is 5.83. The molecule has 0 fully saturated rings. The molecule has 4 rings (SSSR count). The predicted molar refractivity (Wildman–Crippen MR) is 111 cm³/mol. The van der Waals surface area contributed by atoms with Gasteiger partial charge in [-0.05, 0) is 42.0 Å². The van der Waals surface area contributed by atoms with Crippen LogP contribution < -0.4 is 9.47 Å². The second-order valence-corrected chi connectivity index (χ2v) is 9.11. The van der Waals surface area contributed by atoms with Crippen molar-refractivity contribution in [3.63, 3.8) is 0 Å². The topological polar surface area (TPSA) is 60.8 Å².